The largest absolute Gasteiger partial charge is 0.460 e. The summed E-state index contributed by atoms with van der Waals surface area (Å²) < 4.78 is 8.57. The number of aromatic nitrogens is 5. The van der Waals surface area contributed by atoms with Gasteiger partial charge in [-0.05, 0) is 6.92 Å². The quantitative estimate of drug-likeness (QED) is 0.580. The van der Waals surface area contributed by atoms with Crippen molar-refractivity contribution >= 4 is 17.7 Å². The first-order valence-corrected chi connectivity index (χ1v) is 6.86. The minimum Gasteiger partial charge on any atom is -0.460 e. The number of nitrogens with zero attached hydrogens (tertiary/aromatic N) is 5. The van der Waals surface area contributed by atoms with Crippen LogP contribution in [0.4, 0.5) is 0 Å². The molecule has 0 aliphatic heterocycles. The van der Waals surface area contributed by atoms with Crippen LogP contribution in [-0.4, -0.2) is 42.6 Å². The molecule has 19 heavy (non-hydrogen) atoms. The maximum atomic E-state index is 11.6. The van der Waals surface area contributed by atoms with Crippen molar-refractivity contribution in [3.63, 3.8) is 0 Å². The van der Waals surface area contributed by atoms with Gasteiger partial charge < -0.3 is 13.9 Å². The molecule has 0 saturated carbocycles. The Morgan fingerprint density at radius 2 is 2.37 bits per heavy atom. The van der Waals surface area contributed by atoms with Gasteiger partial charge in [0.2, 0.25) is 5.82 Å². The highest BCUT2D eigenvalue weighted by atomic mass is 32.2. The van der Waals surface area contributed by atoms with Crippen LogP contribution in [-0.2, 0) is 18.3 Å². The number of carbonyl (C=O) groups is 1. The van der Waals surface area contributed by atoms with E-state index in [1.54, 1.807) is 42.0 Å². The number of rotatable bonds is 6. The van der Waals surface area contributed by atoms with E-state index in [4.69, 9.17) is 4.74 Å². The second kappa shape index (κ2) is 6.37. The van der Waals surface area contributed by atoms with Gasteiger partial charge in [0.25, 0.3) is 0 Å². The van der Waals surface area contributed by atoms with Gasteiger partial charge in [0, 0.05) is 31.7 Å². The monoisotopic (exact) mass is 281 g/mol. The van der Waals surface area contributed by atoms with Gasteiger partial charge in [-0.2, -0.15) is 0 Å². The Bertz CT molecular complexity index is 551. The molecule has 0 aliphatic carbocycles. The summed E-state index contributed by atoms with van der Waals surface area (Å²) in [4.78, 5) is 15.6. The number of imidazole rings is 1. The third-order valence-electron chi connectivity index (χ3n) is 2.41. The van der Waals surface area contributed by atoms with E-state index in [9.17, 15) is 4.79 Å². The first-order chi connectivity index (χ1) is 9.22. The maximum absolute atomic E-state index is 11.6. The zero-order chi connectivity index (χ0) is 13.7. The molecular formula is C11H15N5O2S. The van der Waals surface area contributed by atoms with Gasteiger partial charge in [-0.25, -0.2) is 9.78 Å². The van der Waals surface area contributed by atoms with E-state index >= 15 is 0 Å². The predicted molar refractivity (Wildman–Crippen MR) is 69.9 cm³/mol. The van der Waals surface area contributed by atoms with E-state index in [0.29, 0.717) is 19.0 Å². The van der Waals surface area contributed by atoms with E-state index in [1.165, 1.54) is 0 Å². The van der Waals surface area contributed by atoms with Crippen molar-refractivity contribution in [2.75, 3.05) is 12.4 Å². The SMILES string of the molecule is CCOC(=O)c1nccn1CCSc1nncn1C. The second-order valence-corrected chi connectivity index (χ2v) is 4.80. The van der Waals surface area contributed by atoms with Gasteiger partial charge in [0.1, 0.15) is 6.33 Å². The average Bonchev–Trinajstić information content (AvgIpc) is 3.00. The number of ether oxygens (including phenoxy) is 1. The van der Waals surface area contributed by atoms with Crippen LogP contribution in [0, 0.1) is 0 Å². The Labute approximate surface area is 115 Å². The van der Waals surface area contributed by atoms with Gasteiger partial charge in [-0.1, -0.05) is 11.8 Å². The lowest BCUT2D eigenvalue weighted by Gasteiger charge is -2.06. The molecule has 0 unspecified atom stereocenters. The third kappa shape index (κ3) is 3.34. The average molecular weight is 281 g/mol. The summed E-state index contributed by atoms with van der Waals surface area (Å²) in [5, 5.41) is 8.63. The molecule has 2 aromatic heterocycles. The summed E-state index contributed by atoms with van der Waals surface area (Å²) in [5.41, 5.74) is 0. The summed E-state index contributed by atoms with van der Waals surface area (Å²) in [6, 6.07) is 0. The van der Waals surface area contributed by atoms with Crippen LogP contribution >= 0.6 is 11.8 Å². The van der Waals surface area contributed by atoms with Crippen LogP contribution in [0.3, 0.4) is 0 Å². The van der Waals surface area contributed by atoms with E-state index in [1.807, 2.05) is 11.6 Å². The molecule has 8 heteroatoms. The molecule has 0 spiro atoms. The Morgan fingerprint density at radius 1 is 1.53 bits per heavy atom. The molecule has 0 aliphatic rings. The van der Waals surface area contributed by atoms with Crippen LogP contribution in [0.2, 0.25) is 0 Å². The Morgan fingerprint density at radius 3 is 3.05 bits per heavy atom. The van der Waals surface area contributed by atoms with Crippen LogP contribution in [0.5, 0.6) is 0 Å². The zero-order valence-corrected chi connectivity index (χ0v) is 11.6. The number of thioether (sulfide) groups is 1. The zero-order valence-electron chi connectivity index (χ0n) is 10.8. The molecule has 2 aromatic rings. The van der Waals surface area contributed by atoms with Gasteiger partial charge in [-0.3, -0.25) is 0 Å². The molecule has 0 bridgehead atoms. The van der Waals surface area contributed by atoms with Crippen molar-refractivity contribution in [2.24, 2.45) is 7.05 Å². The molecule has 0 N–H and O–H groups in total. The van der Waals surface area contributed by atoms with Crippen molar-refractivity contribution in [3.8, 4) is 0 Å². The van der Waals surface area contributed by atoms with Gasteiger partial charge in [-0.15, -0.1) is 10.2 Å². The molecule has 7 nitrogen and oxygen atoms in total. The normalized spacial score (nSPS) is 10.6. The van der Waals surface area contributed by atoms with Crippen LogP contribution in [0.15, 0.2) is 23.9 Å². The van der Waals surface area contributed by atoms with E-state index in [0.717, 1.165) is 10.9 Å². The minimum atomic E-state index is -0.392. The fraction of sp³-hybridized carbons (Fsp3) is 0.455. The number of carbonyl (C=O) groups excluding carboxylic acids is 1. The number of hydrogen-bond acceptors (Lipinski definition) is 6. The summed E-state index contributed by atoms with van der Waals surface area (Å²) in [6.45, 7) is 2.78. The van der Waals surface area contributed by atoms with Crippen molar-refractivity contribution in [1.82, 2.24) is 24.3 Å². The molecule has 0 atom stereocenters. The lowest BCUT2D eigenvalue weighted by atomic mass is 10.5. The van der Waals surface area contributed by atoms with Crippen molar-refractivity contribution in [3.05, 3.63) is 24.5 Å². The molecule has 2 heterocycles. The molecule has 102 valence electrons. The molecule has 0 radical (unpaired) electrons. The van der Waals surface area contributed by atoms with E-state index < -0.39 is 5.97 Å². The molecule has 2 rings (SSSR count). The number of aryl methyl sites for hydroxylation is 2. The highest BCUT2D eigenvalue weighted by molar-refractivity contribution is 7.99. The fourth-order valence-electron chi connectivity index (χ4n) is 1.51. The number of hydrogen-bond donors (Lipinski definition) is 0. The smallest absolute Gasteiger partial charge is 0.374 e. The van der Waals surface area contributed by atoms with Gasteiger partial charge in [0.05, 0.1) is 6.61 Å². The molecular weight excluding hydrogens is 266 g/mol. The first kappa shape index (κ1) is 13.6. The summed E-state index contributed by atoms with van der Waals surface area (Å²) in [6.07, 6.45) is 5.02. The highest BCUT2D eigenvalue weighted by Gasteiger charge is 2.13. The third-order valence-corrected chi connectivity index (χ3v) is 3.42. The summed E-state index contributed by atoms with van der Waals surface area (Å²) in [7, 11) is 1.89. The topological polar surface area (TPSA) is 74.8 Å². The maximum Gasteiger partial charge on any atom is 0.374 e. The first-order valence-electron chi connectivity index (χ1n) is 5.87. The van der Waals surface area contributed by atoms with Gasteiger partial charge in [0.15, 0.2) is 5.16 Å². The van der Waals surface area contributed by atoms with E-state index in [-0.39, 0.29) is 0 Å². The fourth-order valence-corrected chi connectivity index (χ4v) is 2.34. The van der Waals surface area contributed by atoms with Crippen molar-refractivity contribution < 1.29 is 9.53 Å². The minimum absolute atomic E-state index is 0.334. The summed E-state index contributed by atoms with van der Waals surface area (Å²) >= 11 is 1.57. The highest BCUT2D eigenvalue weighted by Crippen LogP contribution is 2.14. The Hall–Kier alpha value is -1.83. The van der Waals surface area contributed by atoms with E-state index in [2.05, 4.69) is 15.2 Å². The Kier molecular flexibility index (Phi) is 4.56. The summed E-state index contributed by atoms with van der Waals surface area (Å²) in [5.74, 6) is 0.714. The van der Waals surface area contributed by atoms with Crippen molar-refractivity contribution in [1.29, 1.82) is 0 Å². The Balaban J connectivity index is 1.91. The molecule has 0 fully saturated rings. The van der Waals surface area contributed by atoms with Crippen molar-refractivity contribution in [2.45, 2.75) is 18.6 Å². The molecule has 0 saturated heterocycles. The van der Waals surface area contributed by atoms with Crippen LogP contribution < -0.4 is 0 Å². The van der Waals surface area contributed by atoms with Crippen LogP contribution in [0.25, 0.3) is 0 Å². The predicted octanol–water partition coefficient (Wildman–Crippen LogP) is 0.981. The number of esters is 1. The van der Waals surface area contributed by atoms with Crippen LogP contribution in [0.1, 0.15) is 17.5 Å². The standard InChI is InChI=1S/C11H15N5O2S/c1-3-18-10(17)9-12-4-5-16(9)6-7-19-11-14-13-8-15(11)2/h4-5,8H,3,6-7H2,1-2H3. The molecule has 0 amide bonds. The van der Waals surface area contributed by atoms with Gasteiger partial charge >= 0.3 is 5.97 Å². The lowest BCUT2D eigenvalue weighted by Crippen LogP contribution is -2.14. The lowest BCUT2D eigenvalue weighted by molar-refractivity contribution is 0.0506. The molecule has 0 aromatic carbocycles. The second-order valence-electron chi connectivity index (χ2n) is 3.74.